The van der Waals surface area contributed by atoms with E-state index in [1.807, 2.05) is 37.1 Å². The van der Waals surface area contributed by atoms with Gasteiger partial charge in [-0.1, -0.05) is 18.2 Å². The van der Waals surface area contributed by atoms with E-state index >= 15 is 0 Å². The number of hydrogen-bond acceptors (Lipinski definition) is 4. The highest BCUT2D eigenvalue weighted by Gasteiger charge is 2.15. The number of amides is 1. The Hall–Kier alpha value is -2.14. The molecule has 0 spiro atoms. The van der Waals surface area contributed by atoms with Gasteiger partial charge < -0.3 is 15.5 Å². The molecule has 1 aromatic carbocycles. The number of pyridine rings is 1. The average molecular weight is 286 g/mol. The van der Waals surface area contributed by atoms with Crippen molar-refractivity contribution in [2.45, 2.75) is 13.5 Å². The molecule has 1 aromatic heterocycles. The Kier molecular flexibility index (Phi) is 5.11. The van der Waals surface area contributed by atoms with Crippen molar-refractivity contribution >= 4 is 22.6 Å². The molecule has 0 fully saturated rings. The van der Waals surface area contributed by atoms with Gasteiger partial charge in [-0.15, -0.1) is 0 Å². The number of fused-ring (bicyclic) bond motifs is 1. The summed E-state index contributed by atoms with van der Waals surface area (Å²) in [6.07, 6.45) is 0. The number of anilines is 1. The van der Waals surface area contributed by atoms with Gasteiger partial charge in [0.1, 0.15) is 5.82 Å². The summed E-state index contributed by atoms with van der Waals surface area (Å²) < 4.78 is 0. The summed E-state index contributed by atoms with van der Waals surface area (Å²) in [5.41, 5.74) is 2.05. The van der Waals surface area contributed by atoms with E-state index in [2.05, 4.69) is 22.8 Å². The maximum Gasteiger partial charge on any atom is 0.239 e. The maximum atomic E-state index is 11.7. The van der Waals surface area contributed by atoms with Gasteiger partial charge in [0, 0.05) is 31.1 Å². The zero-order valence-corrected chi connectivity index (χ0v) is 12.8. The second-order valence-electron chi connectivity index (χ2n) is 4.88. The van der Waals surface area contributed by atoms with Gasteiger partial charge in [-0.2, -0.15) is 0 Å². The van der Waals surface area contributed by atoms with Crippen LogP contribution in [0.1, 0.15) is 12.5 Å². The summed E-state index contributed by atoms with van der Waals surface area (Å²) in [6.45, 7) is 3.80. The number of benzene rings is 1. The van der Waals surface area contributed by atoms with E-state index in [9.17, 15) is 4.79 Å². The van der Waals surface area contributed by atoms with Crippen molar-refractivity contribution in [2.75, 3.05) is 32.1 Å². The molecule has 2 rings (SSSR count). The Morgan fingerprint density at radius 3 is 2.71 bits per heavy atom. The van der Waals surface area contributed by atoms with E-state index in [0.29, 0.717) is 6.54 Å². The van der Waals surface area contributed by atoms with E-state index in [1.165, 1.54) is 0 Å². The topological polar surface area (TPSA) is 57.3 Å². The number of carbonyl (C=O) groups is 1. The van der Waals surface area contributed by atoms with Gasteiger partial charge in [0.2, 0.25) is 5.91 Å². The molecule has 0 aliphatic carbocycles. The predicted molar refractivity (Wildman–Crippen MR) is 86.5 cm³/mol. The fraction of sp³-hybridized carbons (Fsp3) is 0.375. The number of rotatable bonds is 6. The van der Waals surface area contributed by atoms with Gasteiger partial charge in [0.05, 0.1) is 12.1 Å². The lowest BCUT2D eigenvalue weighted by atomic mass is 10.1. The first-order chi connectivity index (χ1) is 10.2. The highest BCUT2D eigenvalue weighted by molar-refractivity contribution is 5.84. The Morgan fingerprint density at radius 2 is 2.05 bits per heavy atom. The lowest BCUT2D eigenvalue weighted by molar-refractivity contribution is -0.119. The van der Waals surface area contributed by atoms with Crippen molar-refractivity contribution in [1.82, 2.24) is 15.6 Å². The quantitative estimate of drug-likeness (QED) is 0.845. The van der Waals surface area contributed by atoms with Crippen LogP contribution in [0.3, 0.4) is 0 Å². The molecule has 2 aromatic rings. The lowest BCUT2D eigenvalue weighted by Crippen LogP contribution is -2.36. The molecule has 5 heteroatoms. The molecule has 112 valence electrons. The fourth-order valence-electron chi connectivity index (χ4n) is 2.33. The first-order valence-electron chi connectivity index (χ1n) is 7.18. The Morgan fingerprint density at radius 1 is 1.29 bits per heavy atom. The molecule has 0 unspecified atom stereocenters. The second-order valence-corrected chi connectivity index (χ2v) is 4.88. The molecule has 5 nitrogen and oxygen atoms in total. The minimum atomic E-state index is -0.0118. The predicted octanol–water partition coefficient (Wildman–Crippen LogP) is 1.53. The number of hydrogen-bond donors (Lipinski definition) is 2. The van der Waals surface area contributed by atoms with Crippen molar-refractivity contribution in [3.8, 4) is 0 Å². The lowest BCUT2D eigenvalue weighted by Gasteiger charge is -2.24. The van der Waals surface area contributed by atoms with Crippen LogP contribution in [0, 0.1) is 0 Å². The molecule has 1 amide bonds. The van der Waals surface area contributed by atoms with E-state index in [-0.39, 0.29) is 5.91 Å². The van der Waals surface area contributed by atoms with E-state index in [4.69, 9.17) is 4.98 Å². The molecular weight excluding hydrogens is 264 g/mol. The summed E-state index contributed by atoms with van der Waals surface area (Å²) in [4.78, 5) is 18.4. The van der Waals surface area contributed by atoms with Crippen molar-refractivity contribution in [2.24, 2.45) is 0 Å². The smallest absolute Gasteiger partial charge is 0.239 e. The number of nitrogens with one attached hydrogen (secondary N) is 2. The Labute approximate surface area is 125 Å². The molecule has 21 heavy (non-hydrogen) atoms. The van der Waals surface area contributed by atoms with E-state index < -0.39 is 0 Å². The van der Waals surface area contributed by atoms with E-state index in [1.54, 1.807) is 7.05 Å². The van der Waals surface area contributed by atoms with Gasteiger partial charge in [0.25, 0.3) is 0 Å². The van der Waals surface area contributed by atoms with Crippen LogP contribution in [0.5, 0.6) is 0 Å². The second kappa shape index (κ2) is 7.04. The number of likely N-dealkylation sites (N-methyl/N-ethyl adjacent to an activating group) is 2. The van der Waals surface area contributed by atoms with Gasteiger partial charge in [0.15, 0.2) is 0 Å². The molecule has 0 atom stereocenters. The summed E-state index contributed by atoms with van der Waals surface area (Å²) in [5, 5.41) is 6.95. The van der Waals surface area contributed by atoms with Crippen LogP contribution >= 0.6 is 0 Å². The van der Waals surface area contributed by atoms with Crippen molar-refractivity contribution in [3.05, 3.63) is 35.9 Å². The van der Waals surface area contributed by atoms with Crippen LogP contribution < -0.4 is 15.5 Å². The molecule has 0 aliphatic heterocycles. The number of aromatic nitrogens is 1. The minimum absolute atomic E-state index is 0.0118. The van der Waals surface area contributed by atoms with Crippen LogP contribution in [0.4, 0.5) is 5.82 Å². The average Bonchev–Trinajstić information content (AvgIpc) is 2.52. The first-order valence-corrected chi connectivity index (χ1v) is 7.18. The zero-order chi connectivity index (χ0) is 15.2. The summed E-state index contributed by atoms with van der Waals surface area (Å²) in [5.74, 6) is 0.858. The van der Waals surface area contributed by atoms with Gasteiger partial charge >= 0.3 is 0 Å². The monoisotopic (exact) mass is 286 g/mol. The van der Waals surface area contributed by atoms with Crippen molar-refractivity contribution in [1.29, 1.82) is 0 Å². The van der Waals surface area contributed by atoms with Crippen LogP contribution in [-0.4, -0.2) is 38.1 Å². The number of para-hydroxylation sites is 1. The van der Waals surface area contributed by atoms with Crippen LogP contribution in [0.2, 0.25) is 0 Å². The number of nitrogens with zero attached hydrogens (tertiary/aromatic N) is 2. The molecule has 2 N–H and O–H groups in total. The Bertz CT molecular complexity index is 627. The number of carbonyl (C=O) groups excluding carboxylic acids is 1. The minimum Gasteiger partial charge on any atom is -0.358 e. The van der Waals surface area contributed by atoms with Gasteiger partial charge in [-0.3, -0.25) is 4.79 Å². The van der Waals surface area contributed by atoms with Crippen molar-refractivity contribution in [3.63, 3.8) is 0 Å². The third-order valence-electron chi connectivity index (χ3n) is 3.44. The van der Waals surface area contributed by atoms with Crippen LogP contribution in [0.15, 0.2) is 30.3 Å². The SMILES string of the molecule is CCN(CC(=O)NC)c1nc2ccccc2cc1CNC. The normalized spacial score (nSPS) is 10.6. The first kappa shape index (κ1) is 15.3. The molecule has 0 aliphatic rings. The highest BCUT2D eigenvalue weighted by Crippen LogP contribution is 2.23. The molecule has 1 heterocycles. The third-order valence-corrected chi connectivity index (χ3v) is 3.44. The molecule has 0 bridgehead atoms. The molecule has 0 saturated heterocycles. The highest BCUT2D eigenvalue weighted by atomic mass is 16.1. The molecular formula is C16H22N4O. The summed E-state index contributed by atoms with van der Waals surface area (Å²) in [6, 6.07) is 10.2. The largest absolute Gasteiger partial charge is 0.358 e. The Balaban J connectivity index is 2.47. The molecule has 0 saturated carbocycles. The van der Waals surface area contributed by atoms with Gasteiger partial charge in [-0.25, -0.2) is 4.98 Å². The standard InChI is InChI=1S/C16H22N4O/c1-4-20(11-15(21)18-3)16-13(10-17-2)9-12-7-5-6-8-14(12)19-16/h5-9,17H,4,10-11H2,1-3H3,(H,18,21). The fourth-order valence-corrected chi connectivity index (χ4v) is 2.33. The van der Waals surface area contributed by atoms with Crippen LogP contribution in [0.25, 0.3) is 10.9 Å². The molecule has 0 radical (unpaired) electrons. The van der Waals surface area contributed by atoms with E-state index in [0.717, 1.165) is 35.4 Å². The maximum absolute atomic E-state index is 11.7. The zero-order valence-electron chi connectivity index (χ0n) is 12.8. The summed E-state index contributed by atoms with van der Waals surface area (Å²) >= 11 is 0. The van der Waals surface area contributed by atoms with Crippen molar-refractivity contribution < 1.29 is 4.79 Å². The third kappa shape index (κ3) is 3.49. The summed E-state index contributed by atoms with van der Waals surface area (Å²) in [7, 11) is 3.56. The van der Waals surface area contributed by atoms with Gasteiger partial charge in [-0.05, 0) is 26.1 Å². The van der Waals surface area contributed by atoms with Crippen LogP contribution in [-0.2, 0) is 11.3 Å².